The molecule has 0 spiro atoms. The molecule has 0 aliphatic carbocycles. The van der Waals surface area contributed by atoms with E-state index in [1.54, 1.807) is 12.1 Å². The second-order valence-corrected chi connectivity index (χ2v) is 4.12. The van der Waals surface area contributed by atoms with Crippen molar-refractivity contribution in [2.75, 3.05) is 31.2 Å². The third-order valence-corrected chi connectivity index (χ3v) is 2.73. The standard InChI is InChI=1S/C10H13NO2.C4H10/c12-10-3-1-9(2-4-10)11-5-7-13-8-6-11;1-3-4-2/h1-4,12H,5-8H2;3-4H2,1-2H3. The van der Waals surface area contributed by atoms with Crippen LogP contribution in [0.4, 0.5) is 5.69 Å². The van der Waals surface area contributed by atoms with Crippen molar-refractivity contribution in [3.05, 3.63) is 24.3 Å². The van der Waals surface area contributed by atoms with Gasteiger partial charge in [-0.1, -0.05) is 26.7 Å². The summed E-state index contributed by atoms with van der Waals surface area (Å²) < 4.78 is 5.25. The molecule has 1 aliphatic heterocycles. The molecule has 3 nitrogen and oxygen atoms in total. The van der Waals surface area contributed by atoms with Gasteiger partial charge >= 0.3 is 0 Å². The van der Waals surface area contributed by atoms with E-state index in [1.165, 1.54) is 12.8 Å². The van der Waals surface area contributed by atoms with Crippen molar-refractivity contribution in [2.45, 2.75) is 26.7 Å². The van der Waals surface area contributed by atoms with Crippen LogP contribution >= 0.6 is 0 Å². The molecule has 3 heteroatoms. The summed E-state index contributed by atoms with van der Waals surface area (Å²) >= 11 is 0. The van der Waals surface area contributed by atoms with Gasteiger partial charge in [-0.2, -0.15) is 0 Å². The Hall–Kier alpha value is -1.22. The van der Waals surface area contributed by atoms with E-state index in [-0.39, 0.29) is 0 Å². The highest BCUT2D eigenvalue weighted by Gasteiger charge is 2.10. The maximum Gasteiger partial charge on any atom is 0.115 e. The fraction of sp³-hybridized carbons (Fsp3) is 0.571. The molecule has 0 amide bonds. The van der Waals surface area contributed by atoms with Crippen LogP contribution in [0.3, 0.4) is 0 Å². The van der Waals surface area contributed by atoms with Crippen LogP contribution in [-0.2, 0) is 4.74 Å². The van der Waals surface area contributed by atoms with E-state index in [0.29, 0.717) is 5.75 Å². The van der Waals surface area contributed by atoms with Gasteiger partial charge in [-0.25, -0.2) is 0 Å². The Labute approximate surface area is 104 Å². The Balaban J connectivity index is 0.000000317. The van der Waals surface area contributed by atoms with Crippen molar-refractivity contribution >= 4 is 5.69 Å². The summed E-state index contributed by atoms with van der Waals surface area (Å²) in [6, 6.07) is 7.29. The third-order valence-electron chi connectivity index (χ3n) is 2.73. The van der Waals surface area contributed by atoms with Gasteiger partial charge in [-0.05, 0) is 24.3 Å². The van der Waals surface area contributed by atoms with Crippen LogP contribution in [0.15, 0.2) is 24.3 Å². The lowest BCUT2D eigenvalue weighted by molar-refractivity contribution is 0.122. The van der Waals surface area contributed by atoms with Crippen molar-refractivity contribution in [2.24, 2.45) is 0 Å². The van der Waals surface area contributed by atoms with Crippen LogP contribution in [-0.4, -0.2) is 31.4 Å². The normalized spacial score (nSPS) is 15.1. The maximum absolute atomic E-state index is 9.11. The summed E-state index contributed by atoms with van der Waals surface area (Å²) in [5, 5.41) is 9.11. The zero-order valence-corrected chi connectivity index (χ0v) is 10.9. The van der Waals surface area contributed by atoms with Gasteiger partial charge < -0.3 is 14.7 Å². The molecule has 1 aromatic carbocycles. The van der Waals surface area contributed by atoms with E-state index in [9.17, 15) is 0 Å². The first-order valence-corrected chi connectivity index (χ1v) is 6.39. The summed E-state index contributed by atoms with van der Waals surface area (Å²) in [6.07, 6.45) is 2.64. The summed E-state index contributed by atoms with van der Waals surface area (Å²) in [7, 11) is 0. The van der Waals surface area contributed by atoms with Gasteiger partial charge in [0.25, 0.3) is 0 Å². The first-order valence-electron chi connectivity index (χ1n) is 6.39. The smallest absolute Gasteiger partial charge is 0.115 e. The fourth-order valence-electron chi connectivity index (χ4n) is 1.49. The topological polar surface area (TPSA) is 32.7 Å². The monoisotopic (exact) mass is 237 g/mol. The summed E-state index contributed by atoms with van der Waals surface area (Å²) in [6.45, 7) is 7.82. The SMILES string of the molecule is CCCC.Oc1ccc(N2CCOCC2)cc1. The first kappa shape index (κ1) is 13.8. The Bertz CT molecular complexity index is 290. The molecular formula is C14H23NO2. The number of benzene rings is 1. The summed E-state index contributed by atoms with van der Waals surface area (Å²) in [5.74, 6) is 0.317. The molecule has 1 fully saturated rings. The zero-order chi connectivity index (χ0) is 12.5. The zero-order valence-electron chi connectivity index (χ0n) is 10.9. The molecule has 1 N–H and O–H groups in total. The highest BCUT2D eigenvalue weighted by Crippen LogP contribution is 2.18. The second kappa shape index (κ2) is 7.96. The summed E-state index contributed by atoms with van der Waals surface area (Å²) in [4.78, 5) is 2.25. The number of hydrogen-bond donors (Lipinski definition) is 1. The van der Waals surface area contributed by atoms with Crippen LogP contribution in [0.5, 0.6) is 5.75 Å². The van der Waals surface area contributed by atoms with Crippen LogP contribution in [0.2, 0.25) is 0 Å². The van der Waals surface area contributed by atoms with E-state index >= 15 is 0 Å². The average molecular weight is 237 g/mol. The number of anilines is 1. The Morgan fingerprint density at radius 2 is 1.59 bits per heavy atom. The minimum atomic E-state index is 0.317. The number of hydrogen-bond acceptors (Lipinski definition) is 3. The first-order chi connectivity index (χ1) is 8.27. The Kier molecular flexibility index (Phi) is 6.48. The van der Waals surface area contributed by atoms with Crippen molar-refractivity contribution in [3.8, 4) is 5.75 Å². The number of ether oxygens (including phenoxy) is 1. The van der Waals surface area contributed by atoms with Crippen LogP contribution in [0.25, 0.3) is 0 Å². The van der Waals surface area contributed by atoms with Gasteiger partial charge in [-0.15, -0.1) is 0 Å². The van der Waals surface area contributed by atoms with Gasteiger partial charge in [0.05, 0.1) is 13.2 Å². The van der Waals surface area contributed by atoms with Crippen LogP contribution < -0.4 is 4.90 Å². The Morgan fingerprint density at radius 1 is 1.06 bits per heavy atom. The largest absolute Gasteiger partial charge is 0.508 e. The molecular weight excluding hydrogens is 214 g/mol. The maximum atomic E-state index is 9.11. The molecule has 1 aliphatic rings. The van der Waals surface area contributed by atoms with E-state index in [0.717, 1.165) is 32.0 Å². The molecule has 0 saturated carbocycles. The van der Waals surface area contributed by atoms with E-state index in [2.05, 4.69) is 18.7 Å². The van der Waals surface area contributed by atoms with Gasteiger partial charge in [0.1, 0.15) is 5.75 Å². The predicted octanol–water partition coefficient (Wildman–Crippen LogP) is 3.04. The molecule has 17 heavy (non-hydrogen) atoms. The lowest BCUT2D eigenvalue weighted by atomic mass is 10.2. The van der Waals surface area contributed by atoms with Crippen molar-refractivity contribution in [1.29, 1.82) is 0 Å². The van der Waals surface area contributed by atoms with Gasteiger partial charge in [0, 0.05) is 18.8 Å². The minimum absolute atomic E-state index is 0.317. The van der Waals surface area contributed by atoms with Gasteiger partial charge in [-0.3, -0.25) is 0 Å². The van der Waals surface area contributed by atoms with Crippen LogP contribution in [0.1, 0.15) is 26.7 Å². The number of rotatable bonds is 2. The molecule has 1 heterocycles. The van der Waals surface area contributed by atoms with Gasteiger partial charge in [0.2, 0.25) is 0 Å². The molecule has 1 aromatic rings. The minimum Gasteiger partial charge on any atom is -0.508 e. The number of phenolic OH excluding ortho intramolecular Hbond substituents is 1. The number of phenols is 1. The highest BCUT2D eigenvalue weighted by molar-refractivity contribution is 5.48. The number of unbranched alkanes of at least 4 members (excludes halogenated alkanes) is 1. The van der Waals surface area contributed by atoms with Crippen molar-refractivity contribution < 1.29 is 9.84 Å². The number of aromatic hydroxyl groups is 1. The quantitative estimate of drug-likeness (QED) is 0.858. The average Bonchev–Trinajstić information content (AvgIpc) is 2.41. The molecule has 0 aromatic heterocycles. The van der Waals surface area contributed by atoms with Crippen LogP contribution in [0, 0.1) is 0 Å². The molecule has 0 radical (unpaired) electrons. The van der Waals surface area contributed by atoms with E-state index in [1.807, 2.05) is 12.1 Å². The summed E-state index contributed by atoms with van der Waals surface area (Å²) in [5.41, 5.74) is 1.15. The predicted molar refractivity (Wildman–Crippen MR) is 71.7 cm³/mol. The third kappa shape index (κ3) is 5.09. The molecule has 1 saturated heterocycles. The second-order valence-electron chi connectivity index (χ2n) is 4.12. The molecule has 0 bridgehead atoms. The van der Waals surface area contributed by atoms with Crippen molar-refractivity contribution in [1.82, 2.24) is 0 Å². The number of nitrogens with zero attached hydrogens (tertiary/aromatic N) is 1. The molecule has 0 atom stereocenters. The number of morpholine rings is 1. The lowest BCUT2D eigenvalue weighted by Gasteiger charge is -2.28. The van der Waals surface area contributed by atoms with Crippen molar-refractivity contribution in [3.63, 3.8) is 0 Å². The fourth-order valence-corrected chi connectivity index (χ4v) is 1.49. The Morgan fingerprint density at radius 3 is 2.06 bits per heavy atom. The van der Waals surface area contributed by atoms with E-state index in [4.69, 9.17) is 9.84 Å². The highest BCUT2D eigenvalue weighted by atomic mass is 16.5. The lowest BCUT2D eigenvalue weighted by Crippen LogP contribution is -2.36. The van der Waals surface area contributed by atoms with Gasteiger partial charge in [0.15, 0.2) is 0 Å². The molecule has 96 valence electrons. The molecule has 0 unspecified atom stereocenters. The van der Waals surface area contributed by atoms with E-state index < -0.39 is 0 Å². The molecule has 2 rings (SSSR count).